The SMILES string of the molecule is CN[C@H]1COc2c(S(=O)O)cnn2C1. The second-order valence-corrected chi connectivity index (χ2v) is 3.98. The fraction of sp³-hybridized carbons (Fsp3) is 0.571. The van der Waals surface area contributed by atoms with Crippen molar-refractivity contribution in [1.82, 2.24) is 15.1 Å². The predicted octanol–water partition coefficient (Wildman–Crippen LogP) is -0.556. The van der Waals surface area contributed by atoms with Crippen molar-refractivity contribution in [3.63, 3.8) is 0 Å². The second-order valence-electron chi connectivity index (χ2n) is 3.04. The van der Waals surface area contributed by atoms with Gasteiger partial charge in [-0.3, -0.25) is 0 Å². The highest BCUT2D eigenvalue weighted by atomic mass is 32.2. The van der Waals surface area contributed by atoms with Gasteiger partial charge in [0.1, 0.15) is 11.5 Å². The first-order valence-corrected chi connectivity index (χ1v) is 5.29. The Morgan fingerprint density at radius 2 is 2.64 bits per heavy atom. The number of nitrogens with zero attached hydrogens (tertiary/aromatic N) is 2. The Labute approximate surface area is 83.5 Å². The van der Waals surface area contributed by atoms with Crippen molar-refractivity contribution in [2.45, 2.75) is 17.5 Å². The van der Waals surface area contributed by atoms with Crippen LogP contribution < -0.4 is 10.1 Å². The molecule has 2 heterocycles. The van der Waals surface area contributed by atoms with Crippen LogP contribution in [0.5, 0.6) is 5.88 Å². The molecule has 1 aliphatic heterocycles. The molecular formula is C7H11N3O3S. The number of fused-ring (bicyclic) bond motifs is 1. The molecule has 0 saturated carbocycles. The van der Waals surface area contributed by atoms with Gasteiger partial charge in [-0.05, 0) is 7.05 Å². The summed E-state index contributed by atoms with van der Waals surface area (Å²) in [4.78, 5) is 0.236. The van der Waals surface area contributed by atoms with Crippen molar-refractivity contribution in [3.8, 4) is 5.88 Å². The molecule has 1 unspecified atom stereocenters. The molecule has 0 amide bonds. The van der Waals surface area contributed by atoms with Crippen molar-refractivity contribution in [2.75, 3.05) is 13.7 Å². The lowest BCUT2D eigenvalue weighted by Crippen LogP contribution is -2.39. The van der Waals surface area contributed by atoms with E-state index in [-0.39, 0.29) is 10.9 Å². The Hall–Kier alpha value is -0.920. The first-order chi connectivity index (χ1) is 6.72. The minimum atomic E-state index is -2.03. The lowest BCUT2D eigenvalue weighted by molar-refractivity contribution is 0.184. The Kier molecular flexibility index (Phi) is 2.53. The van der Waals surface area contributed by atoms with Gasteiger partial charge < -0.3 is 14.6 Å². The minimum absolute atomic E-state index is 0.197. The summed E-state index contributed by atoms with van der Waals surface area (Å²) in [5.41, 5.74) is 0. The molecule has 1 aromatic rings. The van der Waals surface area contributed by atoms with Gasteiger partial charge in [0.15, 0.2) is 11.1 Å². The molecule has 0 saturated heterocycles. The van der Waals surface area contributed by atoms with Gasteiger partial charge in [-0.2, -0.15) is 5.10 Å². The number of nitrogens with one attached hydrogen (secondary N) is 1. The fourth-order valence-electron chi connectivity index (χ4n) is 1.37. The number of likely N-dealkylation sites (N-methyl/N-ethyl adjacent to an activating group) is 1. The molecule has 0 bridgehead atoms. The van der Waals surface area contributed by atoms with Crippen LogP contribution in [0.3, 0.4) is 0 Å². The molecule has 14 heavy (non-hydrogen) atoms. The molecule has 0 spiro atoms. The minimum Gasteiger partial charge on any atom is -0.475 e. The lowest BCUT2D eigenvalue weighted by Gasteiger charge is -2.23. The molecule has 2 atom stereocenters. The van der Waals surface area contributed by atoms with E-state index in [1.165, 1.54) is 6.20 Å². The third kappa shape index (κ3) is 1.54. The van der Waals surface area contributed by atoms with Crippen LogP contribution >= 0.6 is 0 Å². The van der Waals surface area contributed by atoms with Crippen LogP contribution in [0.15, 0.2) is 11.1 Å². The van der Waals surface area contributed by atoms with Gasteiger partial charge in [0.05, 0.1) is 18.8 Å². The summed E-state index contributed by atoms with van der Waals surface area (Å²) in [6.45, 7) is 1.15. The molecule has 78 valence electrons. The summed E-state index contributed by atoms with van der Waals surface area (Å²) in [7, 11) is 1.84. The van der Waals surface area contributed by atoms with Gasteiger partial charge in [0, 0.05) is 0 Å². The van der Waals surface area contributed by atoms with E-state index in [1.807, 2.05) is 7.05 Å². The number of aromatic nitrogens is 2. The van der Waals surface area contributed by atoms with E-state index < -0.39 is 11.1 Å². The summed E-state index contributed by atoms with van der Waals surface area (Å²) < 4.78 is 26.7. The molecule has 6 nitrogen and oxygen atoms in total. The van der Waals surface area contributed by atoms with E-state index in [1.54, 1.807) is 4.68 Å². The molecule has 7 heteroatoms. The molecular weight excluding hydrogens is 206 g/mol. The zero-order valence-electron chi connectivity index (χ0n) is 7.64. The Balaban J connectivity index is 2.29. The predicted molar refractivity (Wildman–Crippen MR) is 49.6 cm³/mol. The van der Waals surface area contributed by atoms with Crippen LogP contribution in [0, 0.1) is 0 Å². The van der Waals surface area contributed by atoms with E-state index in [9.17, 15) is 4.21 Å². The van der Waals surface area contributed by atoms with E-state index in [2.05, 4.69) is 10.4 Å². The average Bonchev–Trinajstić information content (AvgIpc) is 2.59. The smallest absolute Gasteiger partial charge is 0.231 e. The molecule has 0 fully saturated rings. The molecule has 0 radical (unpaired) electrons. The Bertz CT molecular complexity index is 365. The number of ether oxygens (including phenoxy) is 1. The van der Waals surface area contributed by atoms with Crippen molar-refractivity contribution in [1.29, 1.82) is 0 Å². The van der Waals surface area contributed by atoms with Gasteiger partial charge in [0.2, 0.25) is 5.88 Å². The Morgan fingerprint density at radius 1 is 1.86 bits per heavy atom. The standard InChI is InChI=1S/C7H11N3O3S/c1-8-5-3-10-7(13-4-5)6(2-9-10)14(11)12/h2,5,8H,3-4H2,1H3,(H,11,12)/t5-/m1/s1. The normalized spacial score (nSPS) is 22.6. The van der Waals surface area contributed by atoms with E-state index in [4.69, 9.17) is 9.29 Å². The lowest BCUT2D eigenvalue weighted by atomic mass is 10.3. The van der Waals surface area contributed by atoms with Crippen LogP contribution in [0.25, 0.3) is 0 Å². The largest absolute Gasteiger partial charge is 0.475 e. The summed E-state index contributed by atoms with van der Waals surface area (Å²) in [6.07, 6.45) is 1.36. The fourth-order valence-corrected chi connectivity index (χ4v) is 1.82. The van der Waals surface area contributed by atoms with Crippen LogP contribution in [-0.4, -0.2) is 38.2 Å². The number of rotatable bonds is 2. The van der Waals surface area contributed by atoms with Gasteiger partial charge in [-0.25, -0.2) is 8.89 Å². The molecule has 0 aliphatic carbocycles. The second kappa shape index (κ2) is 3.68. The van der Waals surface area contributed by atoms with Crippen molar-refractivity contribution < 1.29 is 13.5 Å². The first kappa shape index (κ1) is 9.63. The van der Waals surface area contributed by atoms with E-state index in [0.29, 0.717) is 19.0 Å². The van der Waals surface area contributed by atoms with Gasteiger partial charge in [-0.15, -0.1) is 0 Å². The van der Waals surface area contributed by atoms with E-state index in [0.717, 1.165) is 0 Å². The zero-order valence-corrected chi connectivity index (χ0v) is 8.45. The molecule has 1 aliphatic rings. The van der Waals surface area contributed by atoms with Crippen LogP contribution in [0.2, 0.25) is 0 Å². The topological polar surface area (TPSA) is 76.4 Å². The maximum atomic E-state index is 10.8. The average molecular weight is 217 g/mol. The van der Waals surface area contributed by atoms with Crippen LogP contribution in [0.4, 0.5) is 0 Å². The third-order valence-corrected chi connectivity index (χ3v) is 2.83. The summed E-state index contributed by atoms with van der Waals surface area (Å²) in [5.74, 6) is 0.400. The van der Waals surface area contributed by atoms with Crippen molar-refractivity contribution in [2.24, 2.45) is 0 Å². The molecule has 1 aromatic heterocycles. The van der Waals surface area contributed by atoms with Gasteiger partial charge >= 0.3 is 0 Å². The quantitative estimate of drug-likeness (QED) is 0.650. The highest BCUT2D eigenvalue weighted by molar-refractivity contribution is 7.79. The molecule has 2 N–H and O–H groups in total. The number of hydrogen-bond acceptors (Lipinski definition) is 4. The molecule has 2 rings (SSSR count). The van der Waals surface area contributed by atoms with E-state index >= 15 is 0 Å². The zero-order chi connectivity index (χ0) is 10.1. The highest BCUT2D eigenvalue weighted by Crippen LogP contribution is 2.24. The molecule has 0 aromatic carbocycles. The summed E-state index contributed by atoms with van der Waals surface area (Å²) in [6, 6.07) is 0.197. The third-order valence-electron chi connectivity index (χ3n) is 2.17. The van der Waals surface area contributed by atoms with Crippen LogP contribution in [0.1, 0.15) is 0 Å². The monoisotopic (exact) mass is 217 g/mol. The number of hydrogen-bond donors (Lipinski definition) is 2. The summed E-state index contributed by atoms with van der Waals surface area (Å²) in [5, 5.41) is 7.03. The van der Waals surface area contributed by atoms with Gasteiger partial charge in [0.25, 0.3) is 0 Å². The maximum Gasteiger partial charge on any atom is 0.231 e. The van der Waals surface area contributed by atoms with Crippen molar-refractivity contribution in [3.05, 3.63) is 6.20 Å². The summed E-state index contributed by atoms with van der Waals surface area (Å²) >= 11 is -2.03. The van der Waals surface area contributed by atoms with Gasteiger partial charge in [-0.1, -0.05) is 0 Å². The maximum absolute atomic E-state index is 10.8. The first-order valence-electron chi connectivity index (χ1n) is 4.19. The van der Waals surface area contributed by atoms with Crippen LogP contribution in [-0.2, 0) is 17.6 Å². The Morgan fingerprint density at radius 3 is 3.29 bits per heavy atom. The highest BCUT2D eigenvalue weighted by Gasteiger charge is 2.24. The van der Waals surface area contributed by atoms with Crippen molar-refractivity contribution >= 4 is 11.1 Å².